The second-order valence-corrected chi connectivity index (χ2v) is 5.50. The molecule has 3 heteroatoms. The van der Waals surface area contributed by atoms with Gasteiger partial charge in [0.15, 0.2) is 0 Å². The van der Waals surface area contributed by atoms with Crippen molar-refractivity contribution >= 4 is 11.6 Å². The first-order chi connectivity index (χ1) is 10.2. The third kappa shape index (κ3) is 2.69. The second-order valence-electron chi connectivity index (χ2n) is 5.50. The number of hydrogen-bond donors (Lipinski definition) is 1. The Labute approximate surface area is 124 Å². The van der Waals surface area contributed by atoms with Gasteiger partial charge in [-0.2, -0.15) is 0 Å². The third-order valence-corrected chi connectivity index (χ3v) is 4.12. The van der Waals surface area contributed by atoms with E-state index in [0.717, 1.165) is 17.7 Å². The van der Waals surface area contributed by atoms with Gasteiger partial charge in [0.05, 0.1) is 12.5 Å². The first kappa shape index (κ1) is 13.8. The maximum atomic E-state index is 12.5. The van der Waals surface area contributed by atoms with Crippen LogP contribution < -0.4 is 4.90 Å². The Morgan fingerprint density at radius 1 is 1.19 bits per heavy atom. The summed E-state index contributed by atoms with van der Waals surface area (Å²) >= 11 is 0. The number of aliphatic hydroxyl groups is 1. The normalized spacial score (nSPS) is 14.9. The quantitative estimate of drug-likeness (QED) is 0.939. The molecule has 1 unspecified atom stereocenters. The van der Waals surface area contributed by atoms with Crippen LogP contribution in [-0.2, 0) is 11.2 Å². The molecule has 0 saturated heterocycles. The molecule has 0 spiro atoms. The Morgan fingerprint density at radius 2 is 1.95 bits per heavy atom. The molecular weight excluding hydrogens is 262 g/mol. The van der Waals surface area contributed by atoms with Crippen molar-refractivity contribution in [3.8, 4) is 0 Å². The highest BCUT2D eigenvalue weighted by Gasteiger charge is 2.27. The van der Waals surface area contributed by atoms with E-state index in [1.807, 2.05) is 42.5 Å². The number of amides is 1. The van der Waals surface area contributed by atoms with E-state index in [0.29, 0.717) is 6.54 Å². The number of aliphatic hydroxyl groups excluding tert-OH is 1. The molecule has 0 fully saturated rings. The van der Waals surface area contributed by atoms with E-state index in [1.165, 1.54) is 11.1 Å². The molecule has 108 valence electrons. The van der Waals surface area contributed by atoms with Crippen LogP contribution in [0, 0.1) is 6.92 Å². The van der Waals surface area contributed by atoms with Gasteiger partial charge in [0.1, 0.15) is 0 Å². The fourth-order valence-electron chi connectivity index (χ4n) is 2.94. The van der Waals surface area contributed by atoms with E-state index < -0.39 is 6.10 Å². The highest BCUT2D eigenvalue weighted by Crippen LogP contribution is 2.31. The van der Waals surface area contributed by atoms with Crippen molar-refractivity contribution in [2.45, 2.75) is 25.9 Å². The molecule has 0 aliphatic carbocycles. The molecule has 1 amide bonds. The lowest BCUT2D eigenvalue weighted by atomic mass is 10.1. The smallest absolute Gasteiger partial charge is 0.229 e. The predicted octanol–water partition coefficient (Wildman–Crippen LogP) is 3.01. The molecule has 3 nitrogen and oxygen atoms in total. The zero-order valence-electron chi connectivity index (χ0n) is 12.1. The topological polar surface area (TPSA) is 40.5 Å². The average molecular weight is 281 g/mol. The summed E-state index contributed by atoms with van der Waals surface area (Å²) in [6, 6.07) is 15.4. The standard InChI is InChI=1S/C18H19NO2/c1-13-6-5-9-16-15(13)10-11-19(16)18(21)12-17(20)14-7-3-2-4-8-14/h2-9,17,20H,10-12H2,1H3. The van der Waals surface area contributed by atoms with E-state index in [9.17, 15) is 9.90 Å². The predicted molar refractivity (Wildman–Crippen MR) is 83.3 cm³/mol. The molecule has 1 atom stereocenters. The molecule has 21 heavy (non-hydrogen) atoms. The summed E-state index contributed by atoms with van der Waals surface area (Å²) in [7, 11) is 0. The number of aryl methyl sites for hydroxylation is 1. The maximum absolute atomic E-state index is 12.5. The minimum Gasteiger partial charge on any atom is -0.388 e. The van der Waals surface area contributed by atoms with Gasteiger partial charge in [0, 0.05) is 12.2 Å². The lowest BCUT2D eigenvalue weighted by Crippen LogP contribution is -2.30. The van der Waals surface area contributed by atoms with Gasteiger partial charge in [0.2, 0.25) is 5.91 Å². The zero-order chi connectivity index (χ0) is 14.8. The largest absolute Gasteiger partial charge is 0.388 e. The fourth-order valence-corrected chi connectivity index (χ4v) is 2.94. The van der Waals surface area contributed by atoms with Crippen molar-refractivity contribution < 1.29 is 9.90 Å². The lowest BCUT2D eigenvalue weighted by Gasteiger charge is -2.19. The van der Waals surface area contributed by atoms with Crippen LogP contribution in [0.4, 0.5) is 5.69 Å². The van der Waals surface area contributed by atoms with E-state index >= 15 is 0 Å². The van der Waals surface area contributed by atoms with E-state index in [-0.39, 0.29) is 12.3 Å². The molecule has 3 rings (SSSR count). The molecule has 0 bridgehead atoms. The lowest BCUT2D eigenvalue weighted by molar-refractivity contribution is -0.120. The summed E-state index contributed by atoms with van der Waals surface area (Å²) in [5.74, 6) is -0.0179. The van der Waals surface area contributed by atoms with Crippen LogP contribution in [0.5, 0.6) is 0 Å². The van der Waals surface area contributed by atoms with Crippen LogP contribution in [0.2, 0.25) is 0 Å². The van der Waals surface area contributed by atoms with Crippen molar-refractivity contribution in [3.05, 3.63) is 65.2 Å². The summed E-state index contributed by atoms with van der Waals surface area (Å²) in [6.45, 7) is 2.78. The van der Waals surface area contributed by atoms with Crippen LogP contribution in [0.15, 0.2) is 48.5 Å². The molecular formula is C18H19NO2. The number of fused-ring (bicyclic) bond motifs is 1. The summed E-state index contributed by atoms with van der Waals surface area (Å²) in [5, 5.41) is 10.2. The third-order valence-electron chi connectivity index (χ3n) is 4.12. The van der Waals surface area contributed by atoms with Crippen molar-refractivity contribution in [1.29, 1.82) is 0 Å². The monoisotopic (exact) mass is 281 g/mol. The Balaban J connectivity index is 1.75. The van der Waals surface area contributed by atoms with Gasteiger partial charge in [-0.05, 0) is 36.1 Å². The highest BCUT2D eigenvalue weighted by atomic mass is 16.3. The molecule has 1 aliphatic rings. The van der Waals surface area contributed by atoms with Crippen LogP contribution in [0.3, 0.4) is 0 Å². The summed E-state index contributed by atoms with van der Waals surface area (Å²) < 4.78 is 0. The minimum atomic E-state index is -0.743. The molecule has 1 aliphatic heterocycles. The van der Waals surface area contributed by atoms with E-state index in [1.54, 1.807) is 4.90 Å². The number of nitrogens with zero attached hydrogens (tertiary/aromatic N) is 1. The van der Waals surface area contributed by atoms with Gasteiger partial charge in [-0.25, -0.2) is 0 Å². The first-order valence-corrected chi connectivity index (χ1v) is 7.28. The number of anilines is 1. The molecule has 2 aromatic carbocycles. The first-order valence-electron chi connectivity index (χ1n) is 7.28. The molecule has 2 aromatic rings. The number of carbonyl (C=O) groups is 1. The van der Waals surface area contributed by atoms with Crippen LogP contribution in [-0.4, -0.2) is 17.6 Å². The Bertz CT molecular complexity index is 652. The Morgan fingerprint density at radius 3 is 2.71 bits per heavy atom. The van der Waals surface area contributed by atoms with E-state index in [4.69, 9.17) is 0 Å². The number of benzene rings is 2. The van der Waals surface area contributed by atoms with Crippen LogP contribution in [0.25, 0.3) is 0 Å². The molecule has 1 heterocycles. The molecule has 0 aromatic heterocycles. The number of rotatable bonds is 3. The van der Waals surface area contributed by atoms with Crippen molar-refractivity contribution in [2.75, 3.05) is 11.4 Å². The van der Waals surface area contributed by atoms with Crippen molar-refractivity contribution in [2.24, 2.45) is 0 Å². The van der Waals surface area contributed by atoms with E-state index in [2.05, 4.69) is 13.0 Å². The average Bonchev–Trinajstić information content (AvgIpc) is 2.93. The molecule has 0 radical (unpaired) electrons. The number of carbonyl (C=O) groups excluding carboxylic acids is 1. The van der Waals surface area contributed by atoms with Gasteiger partial charge >= 0.3 is 0 Å². The van der Waals surface area contributed by atoms with Crippen LogP contribution in [0.1, 0.15) is 29.2 Å². The van der Waals surface area contributed by atoms with Gasteiger partial charge < -0.3 is 10.0 Å². The van der Waals surface area contributed by atoms with Gasteiger partial charge in [-0.1, -0.05) is 42.5 Å². The maximum Gasteiger partial charge on any atom is 0.229 e. The fraction of sp³-hybridized carbons (Fsp3) is 0.278. The SMILES string of the molecule is Cc1cccc2c1CCN2C(=O)CC(O)c1ccccc1. The van der Waals surface area contributed by atoms with Crippen LogP contribution >= 0.6 is 0 Å². The molecule has 0 saturated carbocycles. The Hall–Kier alpha value is -2.13. The molecule has 1 N–H and O–H groups in total. The second kappa shape index (κ2) is 5.70. The van der Waals surface area contributed by atoms with Gasteiger partial charge in [-0.15, -0.1) is 0 Å². The van der Waals surface area contributed by atoms with Gasteiger partial charge in [0.25, 0.3) is 0 Å². The minimum absolute atomic E-state index is 0.0179. The summed E-state index contributed by atoms with van der Waals surface area (Å²) in [5.41, 5.74) is 4.27. The number of hydrogen-bond acceptors (Lipinski definition) is 2. The van der Waals surface area contributed by atoms with Gasteiger partial charge in [-0.3, -0.25) is 4.79 Å². The Kier molecular flexibility index (Phi) is 3.76. The van der Waals surface area contributed by atoms with Crippen molar-refractivity contribution in [3.63, 3.8) is 0 Å². The summed E-state index contributed by atoms with van der Waals surface area (Å²) in [4.78, 5) is 14.3. The zero-order valence-corrected chi connectivity index (χ0v) is 12.1. The highest BCUT2D eigenvalue weighted by molar-refractivity contribution is 5.96. The summed E-state index contributed by atoms with van der Waals surface area (Å²) in [6.07, 6.45) is 0.277. The van der Waals surface area contributed by atoms with Crippen molar-refractivity contribution in [1.82, 2.24) is 0 Å².